The minimum absolute atomic E-state index is 0. The number of alkyl halides is 3. The summed E-state index contributed by atoms with van der Waals surface area (Å²) in [4.78, 5) is 3.68. The third kappa shape index (κ3) is 6.32. The molecule has 0 bridgehead atoms. The van der Waals surface area contributed by atoms with Crippen molar-refractivity contribution in [3.05, 3.63) is 0 Å². The van der Waals surface area contributed by atoms with Crippen molar-refractivity contribution in [1.82, 2.24) is 5.32 Å². The molecule has 0 aromatic carbocycles. The molecule has 1 aliphatic carbocycles. The van der Waals surface area contributed by atoms with Gasteiger partial charge in [-0.1, -0.05) is 13.3 Å². The number of rotatable bonds is 4. The van der Waals surface area contributed by atoms with E-state index in [-0.39, 0.29) is 36.5 Å². The molecule has 1 rings (SSSR count). The van der Waals surface area contributed by atoms with Gasteiger partial charge in [-0.25, -0.2) is 0 Å². The monoisotopic (exact) mass is 365 g/mol. The molecule has 1 atom stereocenters. The van der Waals surface area contributed by atoms with Gasteiger partial charge in [0.1, 0.15) is 0 Å². The molecule has 102 valence electrons. The average molecular weight is 365 g/mol. The second-order valence-corrected chi connectivity index (χ2v) is 4.35. The number of guanidine groups is 1. The molecule has 0 aliphatic heterocycles. The SMILES string of the molecule is CC(CN=C(N)NCC1CCC1)C(F)(F)F.I. The van der Waals surface area contributed by atoms with Crippen LogP contribution in [0.15, 0.2) is 4.99 Å². The zero-order valence-corrected chi connectivity index (χ0v) is 12.1. The molecule has 0 aromatic rings. The van der Waals surface area contributed by atoms with Crippen LogP contribution >= 0.6 is 24.0 Å². The summed E-state index contributed by atoms with van der Waals surface area (Å²) in [6, 6.07) is 0. The number of halogens is 4. The number of aliphatic imine (C=N–C) groups is 1. The third-order valence-corrected chi connectivity index (χ3v) is 2.89. The molecule has 0 aromatic heterocycles. The van der Waals surface area contributed by atoms with Crippen LogP contribution in [0.25, 0.3) is 0 Å². The van der Waals surface area contributed by atoms with E-state index in [4.69, 9.17) is 5.73 Å². The molecule has 7 heteroatoms. The van der Waals surface area contributed by atoms with Gasteiger partial charge in [-0.3, -0.25) is 4.99 Å². The molecule has 0 spiro atoms. The van der Waals surface area contributed by atoms with Crippen LogP contribution < -0.4 is 11.1 Å². The Balaban J connectivity index is 0.00000256. The Bertz CT molecular complexity index is 252. The summed E-state index contributed by atoms with van der Waals surface area (Å²) in [6.07, 6.45) is -0.634. The summed E-state index contributed by atoms with van der Waals surface area (Å²) in [5, 5.41) is 2.85. The summed E-state index contributed by atoms with van der Waals surface area (Å²) < 4.78 is 36.4. The molecule has 0 heterocycles. The van der Waals surface area contributed by atoms with Gasteiger partial charge < -0.3 is 11.1 Å². The summed E-state index contributed by atoms with van der Waals surface area (Å²) >= 11 is 0. The van der Waals surface area contributed by atoms with Crippen molar-refractivity contribution < 1.29 is 13.2 Å². The van der Waals surface area contributed by atoms with Crippen LogP contribution in [0.4, 0.5) is 13.2 Å². The van der Waals surface area contributed by atoms with Gasteiger partial charge in [0.05, 0.1) is 12.5 Å². The van der Waals surface area contributed by atoms with E-state index in [1.807, 2.05) is 0 Å². The van der Waals surface area contributed by atoms with Gasteiger partial charge in [0.2, 0.25) is 0 Å². The lowest BCUT2D eigenvalue weighted by atomic mass is 9.85. The van der Waals surface area contributed by atoms with Crippen LogP contribution in [0.2, 0.25) is 0 Å². The molecule has 1 aliphatic rings. The lowest BCUT2D eigenvalue weighted by Gasteiger charge is -2.25. The van der Waals surface area contributed by atoms with Crippen molar-refractivity contribution in [2.45, 2.75) is 32.4 Å². The van der Waals surface area contributed by atoms with E-state index in [0.29, 0.717) is 5.92 Å². The van der Waals surface area contributed by atoms with E-state index in [0.717, 1.165) is 13.5 Å². The second-order valence-electron chi connectivity index (χ2n) is 4.35. The summed E-state index contributed by atoms with van der Waals surface area (Å²) in [7, 11) is 0. The van der Waals surface area contributed by atoms with E-state index < -0.39 is 12.1 Å². The van der Waals surface area contributed by atoms with E-state index >= 15 is 0 Å². The van der Waals surface area contributed by atoms with E-state index in [2.05, 4.69) is 10.3 Å². The van der Waals surface area contributed by atoms with Crippen LogP contribution in [0.3, 0.4) is 0 Å². The molecule has 3 nitrogen and oxygen atoms in total. The highest BCUT2D eigenvalue weighted by Gasteiger charge is 2.35. The van der Waals surface area contributed by atoms with Crippen LogP contribution in [0, 0.1) is 11.8 Å². The van der Waals surface area contributed by atoms with Gasteiger partial charge in [-0.2, -0.15) is 13.2 Å². The van der Waals surface area contributed by atoms with Crippen LogP contribution in [0.5, 0.6) is 0 Å². The molecule has 0 radical (unpaired) electrons. The molecular formula is C10H19F3IN3. The molecule has 1 saturated carbocycles. The van der Waals surface area contributed by atoms with E-state index in [1.54, 1.807) is 0 Å². The van der Waals surface area contributed by atoms with Crippen LogP contribution in [-0.2, 0) is 0 Å². The standard InChI is InChI=1S/C10H18F3N3.HI/c1-7(10(11,12)13)5-15-9(14)16-6-8-3-2-4-8;/h7-8H,2-6H2,1H3,(H3,14,15,16);1H. The average Bonchev–Trinajstić information content (AvgIpc) is 2.10. The highest BCUT2D eigenvalue weighted by atomic mass is 127. The fraction of sp³-hybridized carbons (Fsp3) is 0.900. The fourth-order valence-corrected chi connectivity index (χ4v) is 1.34. The van der Waals surface area contributed by atoms with Crippen molar-refractivity contribution in [2.75, 3.05) is 13.1 Å². The zero-order valence-electron chi connectivity index (χ0n) is 9.76. The first-order chi connectivity index (χ1) is 7.39. The van der Waals surface area contributed by atoms with Gasteiger partial charge >= 0.3 is 6.18 Å². The smallest absolute Gasteiger partial charge is 0.370 e. The number of nitrogens with zero attached hydrogens (tertiary/aromatic N) is 1. The summed E-state index contributed by atoms with van der Waals surface area (Å²) in [6.45, 7) is 1.51. The Morgan fingerprint density at radius 3 is 2.47 bits per heavy atom. The predicted octanol–water partition coefficient (Wildman–Crippen LogP) is 2.51. The maximum Gasteiger partial charge on any atom is 0.393 e. The van der Waals surface area contributed by atoms with Gasteiger partial charge in [-0.05, 0) is 18.8 Å². The Morgan fingerprint density at radius 2 is 2.06 bits per heavy atom. The van der Waals surface area contributed by atoms with Crippen molar-refractivity contribution in [1.29, 1.82) is 0 Å². The van der Waals surface area contributed by atoms with Crippen molar-refractivity contribution >= 4 is 29.9 Å². The van der Waals surface area contributed by atoms with Crippen molar-refractivity contribution in [3.63, 3.8) is 0 Å². The Hall–Kier alpha value is -0.210. The highest BCUT2D eigenvalue weighted by Crippen LogP contribution is 2.26. The molecule has 0 amide bonds. The minimum Gasteiger partial charge on any atom is -0.370 e. The lowest BCUT2D eigenvalue weighted by molar-refractivity contribution is -0.166. The van der Waals surface area contributed by atoms with Crippen molar-refractivity contribution in [2.24, 2.45) is 22.6 Å². The van der Waals surface area contributed by atoms with Crippen LogP contribution in [-0.4, -0.2) is 25.2 Å². The largest absolute Gasteiger partial charge is 0.393 e. The van der Waals surface area contributed by atoms with Gasteiger partial charge in [0, 0.05) is 6.54 Å². The summed E-state index contributed by atoms with van der Waals surface area (Å²) in [5.41, 5.74) is 5.46. The fourth-order valence-electron chi connectivity index (χ4n) is 1.34. The van der Waals surface area contributed by atoms with E-state index in [9.17, 15) is 13.2 Å². The highest BCUT2D eigenvalue weighted by molar-refractivity contribution is 14.0. The van der Waals surface area contributed by atoms with Gasteiger partial charge in [0.15, 0.2) is 5.96 Å². The van der Waals surface area contributed by atoms with Gasteiger partial charge in [-0.15, -0.1) is 24.0 Å². The van der Waals surface area contributed by atoms with E-state index in [1.165, 1.54) is 19.3 Å². The number of hydrogen-bond donors (Lipinski definition) is 2. The molecular weight excluding hydrogens is 346 g/mol. The topological polar surface area (TPSA) is 50.4 Å². The Kier molecular flexibility index (Phi) is 7.18. The lowest BCUT2D eigenvalue weighted by Crippen LogP contribution is -2.38. The molecule has 17 heavy (non-hydrogen) atoms. The summed E-state index contributed by atoms with van der Waals surface area (Å²) in [5.74, 6) is -0.728. The molecule has 1 unspecified atom stereocenters. The second kappa shape index (κ2) is 7.27. The molecule has 0 saturated heterocycles. The maximum absolute atomic E-state index is 12.1. The third-order valence-electron chi connectivity index (χ3n) is 2.89. The Labute approximate surface area is 116 Å². The first-order valence-corrected chi connectivity index (χ1v) is 5.50. The molecule has 3 N–H and O–H groups in total. The van der Waals surface area contributed by atoms with Crippen LogP contribution in [0.1, 0.15) is 26.2 Å². The normalized spacial score (nSPS) is 19.2. The first kappa shape index (κ1) is 16.8. The minimum atomic E-state index is -4.20. The predicted molar refractivity (Wildman–Crippen MR) is 72.5 cm³/mol. The number of nitrogens with two attached hydrogens (primary N) is 1. The number of nitrogens with one attached hydrogen (secondary N) is 1. The van der Waals surface area contributed by atoms with Gasteiger partial charge in [0.25, 0.3) is 0 Å². The zero-order chi connectivity index (χ0) is 12.2. The first-order valence-electron chi connectivity index (χ1n) is 5.50. The van der Waals surface area contributed by atoms with Crippen molar-refractivity contribution in [3.8, 4) is 0 Å². The quantitative estimate of drug-likeness (QED) is 0.457. The maximum atomic E-state index is 12.1. The molecule has 1 fully saturated rings. The Morgan fingerprint density at radius 1 is 1.47 bits per heavy atom. The number of hydrogen-bond acceptors (Lipinski definition) is 1.